The minimum Gasteiger partial charge on any atom is -0.352 e. The molecule has 0 aliphatic carbocycles. The van der Waals surface area contributed by atoms with Crippen molar-refractivity contribution in [3.63, 3.8) is 0 Å². The molecule has 2 aliphatic heterocycles. The van der Waals surface area contributed by atoms with Crippen molar-refractivity contribution in [2.24, 2.45) is 7.05 Å². The molecule has 33 heavy (non-hydrogen) atoms. The Kier molecular flexibility index (Phi) is 7.31. The summed E-state index contributed by atoms with van der Waals surface area (Å²) in [5, 5.41) is 2.36. The SMILES string of the molecule is CCOC(CN1CCC(c2ccc3c(c2)n(C)c(=O)n3C2CCC(=O)NC2=O)CC1)OCC. The number of hydrogen-bond acceptors (Lipinski definition) is 6. The van der Waals surface area contributed by atoms with Gasteiger partial charge in [-0.3, -0.25) is 28.9 Å². The first-order valence-electron chi connectivity index (χ1n) is 11.9. The van der Waals surface area contributed by atoms with Crippen LogP contribution in [-0.2, 0) is 26.1 Å². The van der Waals surface area contributed by atoms with Crippen molar-refractivity contribution in [3.05, 3.63) is 34.2 Å². The van der Waals surface area contributed by atoms with Gasteiger partial charge in [-0.05, 0) is 69.8 Å². The first kappa shape index (κ1) is 23.7. The van der Waals surface area contributed by atoms with Crippen LogP contribution in [0.4, 0.5) is 0 Å². The van der Waals surface area contributed by atoms with Gasteiger partial charge in [0.2, 0.25) is 11.8 Å². The molecule has 1 aromatic carbocycles. The van der Waals surface area contributed by atoms with Gasteiger partial charge in [-0.2, -0.15) is 0 Å². The van der Waals surface area contributed by atoms with Crippen molar-refractivity contribution < 1.29 is 19.1 Å². The average Bonchev–Trinajstić information content (AvgIpc) is 3.04. The Hall–Kier alpha value is -2.49. The largest absolute Gasteiger partial charge is 0.352 e. The molecule has 1 N–H and O–H groups in total. The lowest BCUT2D eigenvalue weighted by Crippen LogP contribution is -2.44. The van der Waals surface area contributed by atoms with E-state index in [2.05, 4.69) is 22.3 Å². The summed E-state index contributed by atoms with van der Waals surface area (Å²) < 4.78 is 14.5. The van der Waals surface area contributed by atoms with Crippen molar-refractivity contribution in [1.29, 1.82) is 0 Å². The number of imide groups is 1. The highest BCUT2D eigenvalue weighted by Crippen LogP contribution is 2.31. The molecule has 4 rings (SSSR count). The number of nitrogens with zero attached hydrogens (tertiary/aromatic N) is 3. The third-order valence-electron chi connectivity index (χ3n) is 6.81. The molecule has 0 bridgehead atoms. The van der Waals surface area contributed by atoms with E-state index in [0.29, 0.717) is 25.6 Å². The van der Waals surface area contributed by atoms with Crippen LogP contribution in [0.5, 0.6) is 0 Å². The van der Waals surface area contributed by atoms with E-state index in [9.17, 15) is 14.4 Å². The van der Waals surface area contributed by atoms with Gasteiger partial charge >= 0.3 is 5.69 Å². The second kappa shape index (κ2) is 10.2. The molecule has 9 nitrogen and oxygen atoms in total. The van der Waals surface area contributed by atoms with Gasteiger partial charge in [-0.25, -0.2) is 4.79 Å². The first-order chi connectivity index (χ1) is 15.9. The summed E-state index contributed by atoms with van der Waals surface area (Å²) in [7, 11) is 1.74. The van der Waals surface area contributed by atoms with E-state index in [1.165, 1.54) is 10.1 Å². The zero-order chi connectivity index (χ0) is 23.5. The highest BCUT2D eigenvalue weighted by molar-refractivity contribution is 6.00. The molecule has 180 valence electrons. The topological polar surface area (TPSA) is 94.8 Å². The van der Waals surface area contributed by atoms with Gasteiger partial charge in [0.25, 0.3) is 0 Å². The maximum absolute atomic E-state index is 13.0. The van der Waals surface area contributed by atoms with Gasteiger partial charge in [0.1, 0.15) is 6.04 Å². The summed E-state index contributed by atoms with van der Waals surface area (Å²) in [6.45, 7) is 7.95. The Bertz CT molecular complexity index is 1060. The van der Waals surface area contributed by atoms with E-state index in [0.717, 1.165) is 43.5 Å². The predicted octanol–water partition coefficient (Wildman–Crippen LogP) is 1.90. The van der Waals surface area contributed by atoms with Crippen LogP contribution >= 0.6 is 0 Å². The van der Waals surface area contributed by atoms with Gasteiger partial charge in [0, 0.05) is 33.2 Å². The average molecular weight is 459 g/mol. The number of ether oxygens (including phenoxy) is 2. The maximum atomic E-state index is 13.0. The zero-order valence-corrected chi connectivity index (χ0v) is 19.7. The molecule has 2 amide bonds. The maximum Gasteiger partial charge on any atom is 0.329 e. The Labute approximate surface area is 193 Å². The Morgan fingerprint density at radius 1 is 1.03 bits per heavy atom. The summed E-state index contributed by atoms with van der Waals surface area (Å²) in [4.78, 5) is 39.3. The molecule has 0 radical (unpaired) electrons. The summed E-state index contributed by atoms with van der Waals surface area (Å²) in [6.07, 6.45) is 2.45. The fraction of sp³-hybridized carbons (Fsp3) is 0.625. The second-order valence-corrected chi connectivity index (χ2v) is 8.84. The van der Waals surface area contributed by atoms with Gasteiger partial charge in [-0.1, -0.05) is 6.07 Å². The van der Waals surface area contributed by atoms with Crippen molar-refractivity contribution >= 4 is 22.8 Å². The molecular formula is C24H34N4O5. The third kappa shape index (κ3) is 4.90. The molecule has 2 saturated heterocycles. The van der Waals surface area contributed by atoms with Crippen molar-refractivity contribution in [2.75, 3.05) is 32.8 Å². The molecule has 1 unspecified atom stereocenters. The highest BCUT2D eigenvalue weighted by Gasteiger charge is 2.31. The quantitative estimate of drug-likeness (QED) is 0.480. The van der Waals surface area contributed by atoms with Crippen LogP contribution in [0.1, 0.15) is 57.1 Å². The summed E-state index contributed by atoms with van der Waals surface area (Å²) in [5.74, 6) is -0.279. The molecule has 1 aromatic heterocycles. The van der Waals surface area contributed by atoms with E-state index in [1.54, 1.807) is 11.6 Å². The number of imidazole rings is 1. The van der Waals surface area contributed by atoms with Crippen molar-refractivity contribution in [1.82, 2.24) is 19.4 Å². The minimum atomic E-state index is -0.656. The lowest BCUT2D eigenvalue weighted by molar-refractivity contribution is -0.148. The standard InChI is InChI=1S/C24H34N4O5/c1-4-32-22(33-5-2)15-27-12-10-16(11-13-27)17-6-7-18-20(14-17)26(3)24(31)28(18)19-8-9-21(29)25-23(19)30/h6-7,14,16,19,22H,4-5,8-13,15H2,1-3H3,(H,25,29,30). The van der Waals surface area contributed by atoms with Crippen molar-refractivity contribution in [3.8, 4) is 0 Å². The fourth-order valence-electron chi connectivity index (χ4n) is 5.05. The fourth-order valence-corrected chi connectivity index (χ4v) is 5.05. The summed E-state index contributed by atoms with van der Waals surface area (Å²) >= 11 is 0. The molecule has 0 saturated carbocycles. The molecule has 9 heteroatoms. The second-order valence-electron chi connectivity index (χ2n) is 8.84. The number of nitrogens with one attached hydrogen (secondary N) is 1. The third-order valence-corrected chi connectivity index (χ3v) is 6.81. The number of benzene rings is 1. The molecule has 2 aromatic rings. The van der Waals surface area contributed by atoms with Gasteiger partial charge in [0.05, 0.1) is 11.0 Å². The minimum absolute atomic E-state index is 0.186. The Balaban J connectivity index is 1.49. The monoisotopic (exact) mass is 458 g/mol. The van der Waals surface area contributed by atoms with Crippen LogP contribution < -0.4 is 11.0 Å². The number of rotatable bonds is 8. The highest BCUT2D eigenvalue weighted by atomic mass is 16.7. The van der Waals surface area contributed by atoms with Crippen LogP contribution in [0.15, 0.2) is 23.0 Å². The van der Waals surface area contributed by atoms with Crippen LogP contribution in [-0.4, -0.2) is 65.0 Å². The normalized spacial score (nSPS) is 20.7. The molecule has 3 heterocycles. The van der Waals surface area contributed by atoms with E-state index < -0.39 is 11.9 Å². The number of carbonyl (C=O) groups excluding carboxylic acids is 2. The number of piperidine rings is 2. The molecule has 2 aliphatic rings. The van der Waals surface area contributed by atoms with E-state index >= 15 is 0 Å². The molecule has 1 atom stereocenters. The number of fused-ring (bicyclic) bond motifs is 1. The molecule has 0 spiro atoms. The lowest BCUT2D eigenvalue weighted by atomic mass is 9.89. The summed E-state index contributed by atoms with van der Waals surface area (Å²) in [6, 6.07) is 5.45. The van der Waals surface area contributed by atoms with Crippen LogP contribution in [0, 0.1) is 0 Å². The van der Waals surface area contributed by atoms with Gasteiger partial charge in [-0.15, -0.1) is 0 Å². The van der Waals surface area contributed by atoms with Crippen molar-refractivity contribution in [2.45, 2.75) is 57.8 Å². The Morgan fingerprint density at radius 3 is 2.36 bits per heavy atom. The smallest absolute Gasteiger partial charge is 0.329 e. The number of aryl methyl sites for hydroxylation is 1. The number of hydrogen-bond donors (Lipinski definition) is 1. The predicted molar refractivity (Wildman–Crippen MR) is 124 cm³/mol. The van der Waals surface area contributed by atoms with Gasteiger partial charge in [0.15, 0.2) is 6.29 Å². The van der Waals surface area contributed by atoms with E-state index in [4.69, 9.17) is 9.47 Å². The summed E-state index contributed by atoms with van der Waals surface area (Å²) in [5.41, 5.74) is 2.53. The van der Waals surface area contributed by atoms with Gasteiger partial charge < -0.3 is 9.47 Å². The number of likely N-dealkylation sites (tertiary alicyclic amines) is 1. The number of amides is 2. The molecule has 2 fully saturated rings. The lowest BCUT2D eigenvalue weighted by Gasteiger charge is -2.34. The number of carbonyl (C=O) groups is 2. The number of aromatic nitrogens is 2. The van der Waals surface area contributed by atoms with E-state index in [-0.39, 0.29) is 24.3 Å². The molecular weight excluding hydrogens is 424 g/mol. The van der Waals surface area contributed by atoms with Crippen LogP contribution in [0.3, 0.4) is 0 Å². The first-order valence-corrected chi connectivity index (χ1v) is 11.9. The Morgan fingerprint density at radius 2 is 1.73 bits per heavy atom. The van der Waals surface area contributed by atoms with Crippen LogP contribution in [0.25, 0.3) is 11.0 Å². The zero-order valence-electron chi connectivity index (χ0n) is 19.7. The van der Waals surface area contributed by atoms with Crippen LogP contribution in [0.2, 0.25) is 0 Å². The van der Waals surface area contributed by atoms with E-state index in [1.807, 2.05) is 19.9 Å².